The van der Waals surface area contributed by atoms with Crippen molar-refractivity contribution in [3.05, 3.63) is 16.8 Å². The molecule has 15 heavy (non-hydrogen) atoms. The van der Waals surface area contributed by atoms with Crippen LogP contribution in [0.1, 0.15) is 30.7 Å². The maximum atomic E-state index is 5.67. The fourth-order valence-corrected chi connectivity index (χ4v) is 1.76. The number of methoxy groups -OCH3 is 1. The van der Waals surface area contributed by atoms with E-state index in [4.69, 9.17) is 22.7 Å². The highest BCUT2D eigenvalue weighted by molar-refractivity contribution is 7.80. The van der Waals surface area contributed by atoms with Crippen LogP contribution >= 0.6 is 12.2 Å². The summed E-state index contributed by atoms with van der Waals surface area (Å²) in [5.41, 5.74) is 8.37. The fraction of sp³-hybridized carbons (Fsp3) is 0.500. The van der Waals surface area contributed by atoms with Gasteiger partial charge < -0.3 is 10.5 Å². The van der Waals surface area contributed by atoms with E-state index in [0.29, 0.717) is 10.9 Å². The minimum atomic E-state index is 0.313. The molecule has 0 amide bonds. The van der Waals surface area contributed by atoms with Crippen molar-refractivity contribution in [1.29, 1.82) is 0 Å². The Morgan fingerprint density at radius 1 is 1.33 bits per heavy atom. The summed E-state index contributed by atoms with van der Waals surface area (Å²) in [5.74, 6) is 0.413. The van der Waals surface area contributed by atoms with Crippen LogP contribution in [0.25, 0.3) is 0 Å². The minimum absolute atomic E-state index is 0.313. The zero-order chi connectivity index (χ0) is 11.4. The van der Waals surface area contributed by atoms with Crippen LogP contribution in [0, 0.1) is 0 Å². The van der Waals surface area contributed by atoms with E-state index in [1.807, 2.05) is 13.8 Å². The molecule has 0 unspecified atom stereocenters. The Bertz CT molecular complexity index is 379. The second kappa shape index (κ2) is 5.02. The summed E-state index contributed by atoms with van der Waals surface area (Å²) < 4.78 is 5.11. The van der Waals surface area contributed by atoms with E-state index in [1.165, 1.54) is 7.11 Å². The molecule has 5 heteroatoms. The summed E-state index contributed by atoms with van der Waals surface area (Å²) >= 11 is 5.01. The van der Waals surface area contributed by atoms with Crippen LogP contribution in [0.3, 0.4) is 0 Å². The second-order valence-corrected chi connectivity index (χ2v) is 3.52. The van der Waals surface area contributed by atoms with Crippen molar-refractivity contribution in [1.82, 2.24) is 10.2 Å². The number of hydrogen-bond acceptors (Lipinski definition) is 4. The van der Waals surface area contributed by atoms with Crippen molar-refractivity contribution in [2.24, 2.45) is 5.73 Å². The van der Waals surface area contributed by atoms with Gasteiger partial charge in [0.05, 0.1) is 18.4 Å². The van der Waals surface area contributed by atoms with Gasteiger partial charge in [-0.2, -0.15) is 5.10 Å². The molecule has 1 aromatic rings. The molecule has 0 atom stereocenters. The van der Waals surface area contributed by atoms with Gasteiger partial charge in [0.25, 0.3) is 0 Å². The maximum absolute atomic E-state index is 5.67. The van der Waals surface area contributed by atoms with Gasteiger partial charge in [-0.25, -0.2) is 0 Å². The highest BCUT2D eigenvalue weighted by Crippen LogP contribution is 2.22. The van der Waals surface area contributed by atoms with E-state index in [2.05, 4.69) is 10.2 Å². The molecule has 0 saturated carbocycles. The lowest BCUT2D eigenvalue weighted by atomic mass is 10.0. The molecule has 1 heterocycles. The molecule has 0 aromatic carbocycles. The van der Waals surface area contributed by atoms with Gasteiger partial charge in [-0.05, 0) is 18.4 Å². The van der Waals surface area contributed by atoms with E-state index >= 15 is 0 Å². The summed E-state index contributed by atoms with van der Waals surface area (Å²) in [4.78, 5) is 0.313. The molecule has 0 saturated heterocycles. The van der Waals surface area contributed by atoms with Gasteiger partial charge in [0.1, 0.15) is 4.99 Å². The molecule has 0 spiro atoms. The molecule has 0 bridgehead atoms. The van der Waals surface area contributed by atoms with E-state index < -0.39 is 0 Å². The molecule has 1 rings (SSSR count). The maximum Gasteiger partial charge on any atom is 0.243 e. The number of ether oxygens (including phenoxy) is 1. The molecular weight excluding hydrogens is 210 g/mol. The van der Waals surface area contributed by atoms with Gasteiger partial charge >= 0.3 is 0 Å². The molecular formula is C10H15N3OS. The van der Waals surface area contributed by atoms with Crippen LogP contribution in [0.4, 0.5) is 0 Å². The molecule has 1 aromatic heterocycles. The smallest absolute Gasteiger partial charge is 0.243 e. The van der Waals surface area contributed by atoms with Crippen LogP contribution < -0.4 is 10.5 Å². The number of hydrogen-bond donors (Lipinski definition) is 1. The quantitative estimate of drug-likeness (QED) is 0.781. The van der Waals surface area contributed by atoms with E-state index in [1.54, 1.807) is 0 Å². The van der Waals surface area contributed by atoms with Gasteiger partial charge in [-0.1, -0.05) is 26.1 Å². The summed E-state index contributed by atoms with van der Waals surface area (Å²) in [6.45, 7) is 4.07. The molecule has 2 N–H and O–H groups in total. The highest BCUT2D eigenvalue weighted by atomic mass is 32.1. The standard InChI is InChI=1S/C10H15N3OS/c1-4-6-7(5-2)12-13-10(14-3)8(6)9(11)15/h4-5H2,1-3H3,(H2,11,15). The number of rotatable bonds is 4. The Kier molecular flexibility index (Phi) is 3.96. The monoisotopic (exact) mass is 225 g/mol. The largest absolute Gasteiger partial charge is 0.479 e. The van der Waals surface area contributed by atoms with Crippen molar-refractivity contribution in [2.75, 3.05) is 7.11 Å². The van der Waals surface area contributed by atoms with Gasteiger partial charge in [0, 0.05) is 0 Å². The number of thiocarbonyl (C=S) groups is 1. The number of aromatic nitrogens is 2. The molecule has 0 aliphatic rings. The molecule has 82 valence electrons. The SMILES string of the molecule is CCc1nnc(OC)c(C(N)=S)c1CC. The third kappa shape index (κ3) is 2.23. The van der Waals surface area contributed by atoms with Crippen LogP contribution in [0.15, 0.2) is 0 Å². The summed E-state index contributed by atoms with van der Waals surface area (Å²) in [6, 6.07) is 0. The van der Waals surface area contributed by atoms with Crippen molar-refractivity contribution in [3.63, 3.8) is 0 Å². The zero-order valence-electron chi connectivity index (χ0n) is 9.20. The first kappa shape index (κ1) is 11.8. The second-order valence-electron chi connectivity index (χ2n) is 3.08. The van der Waals surface area contributed by atoms with Crippen molar-refractivity contribution >= 4 is 17.2 Å². The molecule has 0 aliphatic heterocycles. The first-order chi connectivity index (χ1) is 7.15. The predicted molar refractivity (Wildman–Crippen MR) is 63.2 cm³/mol. The van der Waals surface area contributed by atoms with Gasteiger partial charge in [0.2, 0.25) is 5.88 Å². The topological polar surface area (TPSA) is 61.0 Å². The van der Waals surface area contributed by atoms with E-state index in [9.17, 15) is 0 Å². The first-order valence-corrected chi connectivity index (χ1v) is 5.28. The van der Waals surface area contributed by atoms with Gasteiger partial charge in [0.15, 0.2) is 0 Å². The molecule has 0 aliphatic carbocycles. The fourth-order valence-electron chi connectivity index (χ4n) is 1.55. The third-order valence-corrected chi connectivity index (χ3v) is 2.46. The lowest BCUT2D eigenvalue weighted by Crippen LogP contribution is -2.17. The Morgan fingerprint density at radius 3 is 2.40 bits per heavy atom. The lowest BCUT2D eigenvalue weighted by Gasteiger charge is -2.12. The molecule has 0 radical (unpaired) electrons. The van der Waals surface area contributed by atoms with Crippen molar-refractivity contribution in [3.8, 4) is 5.88 Å². The summed E-state index contributed by atoms with van der Waals surface area (Å²) in [7, 11) is 1.54. The Hall–Kier alpha value is -1.23. The average Bonchev–Trinajstić information content (AvgIpc) is 2.26. The number of aryl methyl sites for hydroxylation is 1. The summed E-state index contributed by atoms with van der Waals surface area (Å²) in [6.07, 6.45) is 1.64. The Labute approximate surface area is 94.8 Å². The van der Waals surface area contributed by atoms with Gasteiger partial charge in [-0.15, -0.1) is 5.10 Å². The molecule has 4 nitrogen and oxygen atoms in total. The Morgan fingerprint density at radius 2 is 2.00 bits per heavy atom. The van der Waals surface area contributed by atoms with Crippen molar-refractivity contribution < 1.29 is 4.74 Å². The highest BCUT2D eigenvalue weighted by Gasteiger charge is 2.16. The van der Waals surface area contributed by atoms with Crippen LogP contribution in [0.2, 0.25) is 0 Å². The van der Waals surface area contributed by atoms with Crippen LogP contribution in [-0.2, 0) is 12.8 Å². The van der Waals surface area contributed by atoms with Crippen LogP contribution in [0.5, 0.6) is 5.88 Å². The van der Waals surface area contributed by atoms with Crippen molar-refractivity contribution in [2.45, 2.75) is 26.7 Å². The van der Waals surface area contributed by atoms with Crippen LogP contribution in [-0.4, -0.2) is 22.3 Å². The summed E-state index contributed by atoms with van der Waals surface area (Å²) in [5, 5.41) is 8.05. The average molecular weight is 225 g/mol. The molecule has 0 fully saturated rings. The number of nitrogens with two attached hydrogens (primary N) is 1. The lowest BCUT2D eigenvalue weighted by molar-refractivity contribution is 0.389. The Balaban J connectivity index is 3.44. The van der Waals surface area contributed by atoms with Gasteiger partial charge in [-0.3, -0.25) is 0 Å². The number of nitrogens with zero attached hydrogens (tertiary/aromatic N) is 2. The third-order valence-electron chi connectivity index (χ3n) is 2.25. The first-order valence-electron chi connectivity index (χ1n) is 4.87. The van der Waals surface area contributed by atoms with E-state index in [0.717, 1.165) is 29.7 Å². The minimum Gasteiger partial charge on any atom is -0.479 e. The zero-order valence-corrected chi connectivity index (χ0v) is 10.0. The predicted octanol–water partition coefficient (Wildman–Crippen LogP) is 1.24. The normalized spacial score (nSPS) is 10.1. The van der Waals surface area contributed by atoms with E-state index in [-0.39, 0.29) is 0 Å².